The number of hydrogen-bond donors (Lipinski definition) is 2. The Labute approximate surface area is 53.6 Å². The van der Waals surface area contributed by atoms with Gasteiger partial charge in [-0.15, -0.1) is 0 Å². The smallest absolute Gasteiger partial charge is 0.240 e. The molecule has 3 nitrogen and oxygen atoms in total. The molecule has 2 aliphatic rings. The van der Waals surface area contributed by atoms with Crippen LogP contribution in [0.3, 0.4) is 0 Å². The molecule has 9 heavy (non-hydrogen) atoms. The Kier molecular flexibility index (Phi) is 0.750. The SMILES string of the molecule is NC12CCC(C1)NC2=O. The lowest BCUT2D eigenvalue weighted by Gasteiger charge is -2.18. The topological polar surface area (TPSA) is 55.1 Å². The lowest BCUT2D eigenvalue weighted by molar-refractivity contribution is -0.124. The average Bonchev–Trinajstić information content (AvgIpc) is 2.22. The molecule has 1 saturated carbocycles. The van der Waals surface area contributed by atoms with Crippen LogP contribution in [0.15, 0.2) is 0 Å². The van der Waals surface area contributed by atoms with Crippen LogP contribution in [0.25, 0.3) is 0 Å². The number of rotatable bonds is 0. The largest absolute Gasteiger partial charge is 0.352 e. The van der Waals surface area contributed by atoms with E-state index in [0.717, 1.165) is 19.3 Å². The quantitative estimate of drug-likeness (QED) is 0.454. The number of carbonyl (C=O) groups excluding carboxylic acids is 1. The van der Waals surface area contributed by atoms with E-state index in [1.54, 1.807) is 0 Å². The molecule has 50 valence electrons. The molecule has 1 aliphatic carbocycles. The van der Waals surface area contributed by atoms with Gasteiger partial charge < -0.3 is 11.1 Å². The Morgan fingerprint density at radius 1 is 1.78 bits per heavy atom. The van der Waals surface area contributed by atoms with E-state index in [4.69, 9.17) is 5.73 Å². The van der Waals surface area contributed by atoms with Crippen molar-refractivity contribution in [2.24, 2.45) is 5.73 Å². The summed E-state index contributed by atoms with van der Waals surface area (Å²) in [6.45, 7) is 0. The third-order valence-electron chi connectivity index (χ3n) is 2.34. The second kappa shape index (κ2) is 1.29. The lowest BCUT2D eigenvalue weighted by Crippen LogP contribution is -2.48. The van der Waals surface area contributed by atoms with Crippen molar-refractivity contribution in [2.45, 2.75) is 30.8 Å². The highest BCUT2D eigenvalue weighted by atomic mass is 16.2. The molecule has 1 heterocycles. The summed E-state index contributed by atoms with van der Waals surface area (Å²) in [5, 5.41) is 2.83. The van der Waals surface area contributed by atoms with Crippen molar-refractivity contribution >= 4 is 5.91 Å². The van der Waals surface area contributed by atoms with Gasteiger partial charge in [-0.3, -0.25) is 4.79 Å². The minimum Gasteiger partial charge on any atom is -0.352 e. The van der Waals surface area contributed by atoms with E-state index in [1.807, 2.05) is 0 Å². The van der Waals surface area contributed by atoms with Gasteiger partial charge in [0.15, 0.2) is 0 Å². The van der Waals surface area contributed by atoms with E-state index in [2.05, 4.69) is 5.32 Å². The van der Waals surface area contributed by atoms with Crippen molar-refractivity contribution < 1.29 is 4.79 Å². The van der Waals surface area contributed by atoms with Crippen LogP contribution in [0.1, 0.15) is 19.3 Å². The molecule has 3 heteroatoms. The van der Waals surface area contributed by atoms with Crippen LogP contribution in [0.2, 0.25) is 0 Å². The van der Waals surface area contributed by atoms with E-state index < -0.39 is 5.54 Å². The minimum atomic E-state index is -0.481. The maximum atomic E-state index is 10.9. The molecule has 2 fully saturated rings. The summed E-state index contributed by atoms with van der Waals surface area (Å²) in [6.07, 6.45) is 2.80. The molecule has 2 atom stereocenters. The molecule has 1 saturated heterocycles. The molecule has 2 bridgehead atoms. The summed E-state index contributed by atoms with van der Waals surface area (Å²) in [4.78, 5) is 10.9. The molecule has 0 radical (unpaired) electrons. The van der Waals surface area contributed by atoms with Gasteiger partial charge >= 0.3 is 0 Å². The molecule has 0 aromatic rings. The molecule has 0 spiro atoms. The van der Waals surface area contributed by atoms with Gasteiger partial charge in [0, 0.05) is 6.04 Å². The Hall–Kier alpha value is -0.570. The molecular weight excluding hydrogens is 116 g/mol. The highest BCUT2D eigenvalue weighted by Gasteiger charge is 2.48. The van der Waals surface area contributed by atoms with Crippen LogP contribution in [-0.2, 0) is 4.79 Å². The van der Waals surface area contributed by atoms with Crippen molar-refractivity contribution in [3.05, 3.63) is 0 Å². The van der Waals surface area contributed by atoms with Crippen LogP contribution in [0, 0.1) is 0 Å². The molecule has 2 unspecified atom stereocenters. The Bertz CT molecular complexity index is 168. The number of amides is 1. The summed E-state index contributed by atoms with van der Waals surface area (Å²) in [5.41, 5.74) is 5.25. The monoisotopic (exact) mass is 126 g/mol. The first-order valence-corrected chi connectivity index (χ1v) is 3.31. The zero-order chi connectivity index (χ0) is 6.48. The van der Waals surface area contributed by atoms with Gasteiger partial charge in [-0.05, 0) is 19.3 Å². The molecule has 0 aromatic carbocycles. The predicted octanol–water partition coefficient (Wildman–Crippen LogP) is -0.634. The second-order valence-corrected chi connectivity index (χ2v) is 3.07. The number of fused-ring (bicyclic) bond motifs is 2. The predicted molar refractivity (Wildman–Crippen MR) is 32.7 cm³/mol. The summed E-state index contributed by atoms with van der Waals surface area (Å²) in [5.74, 6) is 0.0544. The van der Waals surface area contributed by atoms with Gasteiger partial charge in [0.25, 0.3) is 0 Å². The van der Waals surface area contributed by atoms with Crippen molar-refractivity contribution in [2.75, 3.05) is 0 Å². The fourth-order valence-corrected chi connectivity index (χ4v) is 1.73. The van der Waals surface area contributed by atoms with Gasteiger partial charge in [0.1, 0.15) is 0 Å². The Morgan fingerprint density at radius 3 is 2.78 bits per heavy atom. The molecule has 1 aliphatic heterocycles. The molecule has 1 amide bonds. The number of nitrogens with two attached hydrogens (primary N) is 1. The molecular formula is C6H10N2O. The fourth-order valence-electron chi connectivity index (χ4n) is 1.73. The van der Waals surface area contributed by atoms with Crippen molar-refractivity contribution in [3.8, 4) is 0 Å². The summed E-state index contributed by atoms with van der Waals surface area (Å²) in [6, 6.07) is 0.391. The first-order valence-electron chi connectivity index (χ1n) is 3.31. The zero-order valence-corrected chi connectivity index (χ0v) is 5.18. The van der Waals surface area contributed by atoms with Gasteiger partial charge in [-0.1, -0.05) is 0 Å². The zero-order valence-electron chi connectivity index (χ0n) is 5.18. The van der Waals surface area contributed by atoms with Crippen LogP contribution in [0.5, 0.6) is 0 Å². The van der Waals surface area contributed by atoms with E-state index in [9.17, 15) is 4.79 Å². The normalized spacial score (nSPS) is 47.7. The van der Waals surface area contributed by atoms with E-state index in [1.165, 1.54) is 0 Å². The van der Waals surface area contributed by atoms with Gasteiger partial charge in [0.05, 0.1) is 5.54 Å². The summed E-state index contributed by atoms with van der Waals surface area (Å²) >= 11 is 0. The number of nitrogens with one attached hydrogen (secondary N) is 1. The van der Waals surface area contributed by atoms with E-state index >= 15 is 0 Å². The minimum absolute atomic E-state index is 0.0544. The molecule has 3 N–H and O–H groups in total. The van der Waals surface area contributed by atoms with Crippen molar-refractivity contribution in [1.82, 2.24) is 5.32 Å². The van der Waals surface area contributed by atoms with Crippen molar-refractivity contribution in [1.29, 1.82) is 0 Å². The van der Waals surface area contributed by atoms with E-state index in [-0.39, 0.29) is 5.91 Å². The van der Waals surface area contributed by atoms with Crippen LogP contribution < -0.4 is 11.1 Å². The van der Waals surface area contributed by atoms with Crippen LogP contribution in [-0.4, -0.2) is 17.5 Å². The summed E-state index contributed by atoms with van der Waals surface area (Å²) in [7, 11) is 0. The van der Waals surface area contributed by atoms with Gasteiger partial charge in [-0.2, -0.15) is 0 Å². The number of carbonyl (C=O) groups is 1. The Morgan fingerprint density at radius 2 is 2.56 bits per heavy atom. The third-order valence-corrected chi connectivity index (χ3v) is 2.34. The number of piperidine rings is 1. The van der Waals surface area contributed by atoms with Crippen LogP contribution >= 0.6 is 0 Å². The van der Waals surface area contributed by atoms with E-state index in [0.29, 0.717) is 6.04 Å². The highest BCUT2D eigenvalue weighted by Crippen LogP contribution is 2.33. The first-order chi connectivity index (χ1) is 4.21. The maximum absolute atomic E-state index is 10.9. The van der Waals surface area contributed by atoms with Crippen molar-refractivity contribution in [3.63, 3.8) is 0 Å². The van der Waals surface area contributed by atoms with Gasteiger partial charge in [0.2, 0.25) is 5.91 Å². The first kappa shape index (κ1) is 5.23. The highest BCUT2D eigenvalue weighted by molar-refractivity contribution is 5.89. The fraction of sp³-hybridized carbons (Fsp3) is 0.833. The molecule has 2 rings (SSSR count). The standard InChI is InChI=1S/C6H10N2O/c7-6-2-1-4(3-6)8-5(6)9/h4H,1-3,7H2,(H,8,9). The summed E-state index contributed by atoms with van der Waals surface area (Å²) < 4.78 is 0. The van der Waals surface area contributed by atoms with Crippen LogP contribution in [0.4, 0.5) is 0 Å². The third kappa shape index (κ3) is 0.525. The average molecular weight is 126 g/mol. The lowest BCUT2D eigenvalue weighted by atomic mass is 10.0. The Balaban J connectivity index is 2.32. The van der Waals surface area contributed by atoms with Gasteiger partial charge in [-0.25, -0.2) is 0 Å². The maximum Gasteiger partial charge on any atom is 0.240 e. The molecule has 0 aromatic heterocycles. The number of hydrogen-bond acceptors (Lipinski definition) is 2. The second-order valence-electron chi connectivity index (χ2n) is 3.07.